The van der Waals surface area contributed by atoms with Crippen molar-refractivity contribution >= 4 is 40.3 Å². The molecule has 2 aromatic rings. The number of aromatic carboxylic acids is 1. The largest absolute Gasteiger partial charge is 0.478 e. The number of carboxylic acids is 1. The quantitative estimate of drug-likeness (QED) is 0.571. The highest BCUT2D eigenvalue weighted by molar-refractivity contribution is 7.07. The zero-order valence-corrected chi connectivity index (χ0v) is 11.8. The average Bonchev–Trinajstić information content (AvgIpc) is 2.82. The van der Waals surface area contributed by atoms with E-state index in [0.717, 1.165) is 23.5 Å². The van der Waals surface area contributed by atoms with Crippen molar-refractivity contribution in [3.63, 3.8) is 0 Å². The number of nitro benzene ring substituents is 1. The van der Waals surface area contributed by atoms with Gasteiger partial charge in [-0.25, -0.2) is 4.79 Å². The van der Waals surface area contributed by atoms with Gasteiger partial charge in [-0.15, -0.1) is 0 Å². The lowest BCUT2D eigenvalue weighted by Crippen LogP contribution is -2.09. The number of nitro groups is 1. The van der Waals surface area contributed by atoms with Gasteiger partial charge in [-0.1, -0.05) is 22.9 Å². The number of non-ortho nitro benzene ring substituents is 1. The summed E-state index contributed by atoms with van der Waals surface area (Å²) in [6.07, 6.45) is 0. The standard InChI is InChI=1S/C11H8ClN3O5S/c12-8-2-6(15(19)20)1-7(10(16)17)9(8)13-3-5-4-21-11(18)14-5/h1-2,4,13H,3H2,(H,14,18)(H,16,17). The number of halogens is 1. The van der Waals surface area contributed by atoms with Crippen molar-refractivity contribution in [3.05, 3.63) is 53.6 Å². The fourth-order valence-electron chi connectivity index (χ4n) is 1.63. The van der Waals surface area contributed by atoms with Crippen LogP contribution < -0.4 is 10.2 Å². The summed E-state index contributed by atoms with van der Waals surface area (Å²) in [7, 11) is 0. The number of anilines is 1. The van der Waals surface area contributed by atoms with E-state index in [-0.39, 0.29) is 27.7 Å². The number of nitrogens with zero attached hydrogens (tertiary/aromatic N) is 1. The maximum absolute atomic E-state index is 11.2. The number of aromatic nitrogens is 1. The van der Waals surface area contributed by atoms with E-state index in [1.807, 2.05) is 0 Å². The van der Waals surface area contributed by atoms with Crippen LogP contribution >= 0.6 is 22.9 Å². The maximum Gasteiger partial charge on any atom is 0.338 e. The van der Waals surface area contributed by atoms with Crippen molar-refractivity contribution in [2.24, 2.45) is 0 Å². The van der Waals surface area contributed by atoms with Gasteiger partial charge in [-0.2, -0.15) is 0 Å². The number of nitrogens with one attached hydrogen (secondary N) is 2. The van der Waals surface area contributed by atoms with E-state index < -0.39 is 16.6 Å². The van der Waals surface area contributed by atoms with Gasteiger partial charge in [0.1, 0.15) is 0 Å². The number of hydrogen-bond acceptors (Lipinski definition) is 6. The molecular formula is C11H8ClN3O5S. The number of rotatable bonds is 5. The van der Waals surface area contributed by atoms with Crippen LogP contribution in [0.4, 0.5) is 11.4 Å². The molecule has 10 heteroatoms. The van der Waals surface area contributed by atoms with Crippen LogP contribution in [0.5, 0.6) is 0 Å². The molecule has 8 nitrogen and oxygen atoms in total. The Labute approximate surface area is 126 Å². The predicted molar refractivity (Wildman–Crippen MR) is 77.3 cm³/mol. The van der Waals surface area contributed by atoms with Gasteiger partial charge in [0.05, 0.1) is 27.7 Å². The Balaban J connectivity index is 2.35. The zero-order chi connectivity index (χ0) is 15.6. The van der Waals surface area contributed by atoms with Gasteiger partial charge >= 0.3 is 10.8 Å². The van der Waals surface area contributed by atoms with Crippen molar-refractivity contribution in [1.29, 1.82) is 0 Å². The van der Waals surface area contributed by atoms with Crippen LogP contribution in [-0.4, -0.2) is 21.0 Å². The first-order valence-electron chi connectivity index (χ1n) is 5.50. The fourth-order valence-corrected chi connectivity index (χ4v) is 2.49. The molecule has 0 atom stereocenters. The third-order valence-corrected chi connectivity index (χ3v) is 3.56. The topological polar surface area (TPSA) is 125 Å². The Morgan fingerprint density at radius 1 is 1.52 bits per heavy atom. The van der Waals surface area contributed by atoms with Crippen LogP contribution in [0.2, 0.25) is 5.02 Å². The Kier molecular flexibility index (Phi) is 4.24. The van der Waals surface area contributed by atoms with Gasteiger partial charge in [0.15, 0.2) is 0 Å². The second kappa shape index (κ2) is 5.94. The SMILES string of the molecule is O=C(O)c1cc([N+](=O)[O-])cc(Cl)c1NCc1csc(=O)[nH]1. The minimum atomic E-state index is -1.35. The molecule has 0 radical (unpaired) electrons. The van der Waals surface area contributed by atoms with Crippen molar-refractivity contribution in [3.8, 4) is 0 Å². The third kappa shape index (κ3) is 3.38. The molecular weight excluding hydrogens is 322 g/mol. The van der Waals surface area contributed by atoms with Crippen LogP contribution in [-0.2, 0) is 6.54 Å². The number of hydrogen-bond donors (Lipinski definition) is 3. The molecule has 110 valence electrons. The smallest absolute Gasteiger partial charge is 0.338 e. The molecule has 0 amide bonds. The molecule has 0 bridgehead atoms. The zero-order valence-electron chi connectivity index (χ0n) is 10.3. The van der Waals surface area contributed by atoms with E-state index in [0.29, 0.717) is 5.69 Å². The summed E-state index contributed by atoms with van der Waals surface area (Å²) in [6.45, 7) is 0.135. The number of thiazole rings is 1. The Bertz CT molecular complexity index is 769. The molecule has 1 heterocycles. The fraction of sp³-hybridized carbons (Fsp3) is 0.0909. The normalized spacial score (nSPS) is 10.3. The first kappa shape index (κ1) is 15.0. The monoisotopic (exact) mass is 329 g/mol. The summed E-state index contributed by atoms with van der Waals surface area (Å²) in [5.41, 5.74) is -0.115. The molecule has 2 rings (SSSR count). The molecule has 0 aliphatic heterocycles. The van der Waals surface area contributed by atoms with Crippen LogP contribution in [0.15, 0.2) is 22.3 Å². The molecule has 21 heavy (non-hydrogen) atoms. The lowest BCUT2D eigenvalue weighted by molar-refractivity contribution is -0.384. The van der Waals surface area contributed by atoms with Crippen LogP contribution in [0.25, 0.3) is 0 Å². The first-order chi connectivity index (χ1) is 9.88. The Morgan fingerprint density at radius 2 is 2.24 bits per heavy atom. The van der Waals surface area contributed by atoms with Gasteiger partial charge in [-0.3, -0.25) is 14.9 Å². The van der Waals surface area contributed by atoms with Crippen LogP contribution in [0.3, 0.4) is 0 Å². The molecule has 0 saturated carbocycles. The number of carboxylic acid groups (broad SMARTS) is 1. The summed E-state index contributed by atoms with van der Waals surface area (Å²) in [4.78, 5) is 34.5. The summed E-state index contributed by atoms with van der Waals surface area (Å²) in [5.74, 6) is -1.35. The Morgan fingerprint density at radius 3 is 2.76 bits per heavy atom. The number of aromatic amines is 1. The van der Waals surface area contributed by atoms with Gasteiger partial charge in [0.2, 0.25) is 0 Å². The van der Waals surface area contributed by atoms with Crippen molar-refractivity contribution in [1.82, 2.24) is 4.98 Å². The second-order valence-corrected chi connectivity index (χ2v) is 5.19. The molecule has 1 aromatic heterocycles. The molecule has 0 fully saturated rings. The predicted octanol–water partition coefficient (Wildman–Crippen LogP) is 2.31. The molecule has 3 N–H and O–H groups in total. The third-order valence-electron chi connectivity index (χ3n) is 2.54. The molecule has 0 aliphatic carbocycles. The van der Waals surface area contributed by atoms with E-state index in [4.69, 9.17) is 16.7 Å². The molecule has 0 spiro atoms. The van der Waals surface area contributed by atoms with Crippen molar-refractivity contribution < 1.29 is 14.8 Å². The van der Waals surface area contributed by atoms with Gasteiger partial charge in [0.25, 0.3) is 5.69 Å². The first-order valence-corrected chi connectivity index (χ1v) is 6.76. The second-order valence-electron chi connectivity index (χ2n) is 3.94. The van der Waals surface area contributed by atoms with Crippen LogP contribution in [0.1, 0.15) is 16.1 Å². The highest BCUT2D eigenvalue weighted by Crippen LogP contribution is 2.31. The van der Waals surface area contributed by atoms with Crippen LogP contribution in [0, 0.1) is 10.1 Å². The van der Waals surface area contributed by atoms with Crippen molar-refractivity contribution in [2.75, 3.05) is 5.32 Å². The Hall–Kier alpha value is -2.39. The lowest BCUT2D eigenvalue weighted by atomic mass is 10.1. The van der Waals surface area contributed by atoms with Gasteiger partial charge in [0, 0.05) is 23.2 Å². The molecule has 1 aromatic carbocycles. The number of carbonyl (C=O) groups is 1. The summed E-state index contributed by atoms with van der Waals surface area (Å²) < 4.78 is 0. The van der Waals surface area contributed by atoms with E-state index in [2.05, 4.69) is 10.3 Å². The minimum Gasteiger partial charge on any atom is -0.478 e. The molecule has 0 unspecified atom stereocenters. The molecule has 0 aliphatic rings. The van der Waals surface area contributed by atoms with Crippen molar-refractivity contribution in [2.45, 2.75) is 6.54 Å². The van der Waals surface area contributed by atoms with Gasteiger partial charge < -0.3 is 15.4 Å². The number of H-pyrrole nitrogens is 1. The van der Waals surface area contributed by atoms with Gasteiger partial charge in [-0.05, 0) is 0 Å². The lowest BCUT2D eigenvalue weighted by Gasteiger charge is -2.10. The van der Waals surface area contributed by atoms with E-state index >= 15 is 0 Å². The number of benzene rings is 1. The average molecular weight is 330 g/mol. The maximum atomic E-state index is 11.2. The van der Waals surface area contributed by atoms with E-state index in [9.17, 15) is 19.7 Å². The minimum absolute atomic E-state index is 0.0572. The highest BCUT2D eigenvalue weighted by atomic mass is 35.5. The summed E-state index contributed by atoms with van der Waals surface area (Å²) >= 11 is 6.87. The van der Waals surface area contributed by atoms with E-state index in [1.165, 1.54) is 0 Å². The van der Waals surface area contributed by atoms with E-state index in [1.54, 1.807) is 5.38 Å². The molecule has 0 saturated heterocycles. The summed E-state index contributed by atoms with van der Waals surface area (Å²) in [5, 5.41) is 24.1. The summed E-state index contributed by atoms with van der Waals surface area (Å²) in [6, 6.07) is 1.99. The highest BCUT2D eigenvalue weighted by Gasteiger charge is 2.20.